The van der Waals surface area contributed by atoms with E-state index in [1.54, 1.807) is 12.1 Å². The highest BCUT2D eigenvalue weighted by Gasteiger charge is 2.06. The Morgan fingerprint density at radius 2 is 1.80 bits per heavy atom. The standard InChI is InChI=1S/C10H6Cl2N2O/c11-8-6-14(10(15)9(12)13-8)7-4-2-1-3-5-7/h1-6H. The van der Waals surface area contributed by atoms with E-state index in [1.165, 1.54) is 10.8 Å². The maximum Gasteiger partial charge on any atom is 0.292 e. The van der Waals surface area contributed by atoms with Gasteiger partial charge in [-0.05, 0) is 12.1 Å². The third-order valence-electron chi connectivity index (χ3n) is 1.87. The smallest absolute Gasteiger partial charge is 0.279 e. The third kappa shape index (κ3) is 2.03. The molecule has 2 aromatic rings. The minimum Gasteiger partial charge on any atom is -0.279 e. The zero-order valence-corrected chi connectivity index (χ0v) is 9.03. The zero-order valence-electron chi connectivity index (χ0n) is 7.52. The molecule has 2 rings (SSSR count). The highest BCUT2D eigenvalue weighted by molar-refractivity contribution is 6.32. The molecule has 0 fully saturated rings. The Balaban J connectivity index is 2.69. The average Bonchev–Trinajstić information content (AvgIpc) is 2.24. The maximum absolute atomic E-state index is 11.6. The molecule has 0 N–H and O–H groups in total. The topological polar surface area (TPSA) is 34.9 Å². The van der Waals surface area contributed by atoms with E-state index < -0.39 is 0 Å². The summed E-state index contributed by atoms with van der Waals surface area (Å²) in [6.45, 7) is 0. The predicted octanol–water partition coefficient (Wildman–Crippen LogP) is 2.54. The van der Waals surface area contributed by atoms with Crippen molar-refractivity contribution in [2.24, 2.45) is 0 Å². The van der Waals surface area contributed by atoms with Gasteiger partial charge in [0.05, 0.1) is 6.20 Å². The lowest BCUT2D eigenvalue weighted by molar-refractivity contribution is 0.957. The highest BCUT2D eigenvalue weighted by Crippen LogP contribution is 2.10. The van der Waals surface area contributed by atoms with Gasteiger partial charge >= 0.3 is 0 Å². The number of nitrogens with zero attached hydrogens (tertiary/aromatic N) is 2. The summed E-state index contributed by atoms with van der Waals surface area (Å²) in [4.78, 5) is 15.3. The molecule has 3 nitrogen and oxygen atoms in total. The third-order valence-corrected chi connectivity index (χ3v) is 2.30. The first-order chi connectivity index (χ1) is 7.18. The molecule has 5 heteroatoms. The van der Waals surface area contributed by atoms with Crippen LogP contribution < -0.4 is 5.56 Å². The summed E-state index contributed by atoms with van der Waals surface area (Å²) < 4.78 is 1.36. The van der Waals surface area contributed by atoms with Gasteiger partial charge in [0, 0.05) is 5.69 Å². The molecular weight excluding hydrogens is 235 g/mol. The minimum absolute atomic E-state index is 0.133. The number of benzene rings is 1. The summed E-state index contributed by atoms with van der Waals surface area (Å²) in [6.07, 6.45) is 1.44. The summed E-state index contributed by atoms with van der Waals surface area (Å²) >= 11 is 11.4. The largest absolute Gasteiger partial charge is 0.292 e. The van der Waals surface area contributed by atoms with E-state index in [-0.39, 0.29) is 15.9 Å². The van der Waals surface area contributed by atoms with Crippen LogP contribution in [0.15, 0.2) is 41.3 Å². The molecule has 0 spiro atoms. The molecule has 0 bridgehead atoms. The molecule has 0 saturated heterocycles. The second-order valence-electron chi connectivity index (χ2n) is 2.87. The molecule has 0 unspecified atom stereocenters. The van der Waals surface area contributed by atoms with Gasteiger partial charge in [0.1, 0.15) is 5.15 Å². The summed E-state index contributed by atoms with van der Waals surface area (Å²) in [5.41, 5.74) is 0.320. The van der Waals surface area contributed by atoms with Gasteiger partial charge in [-0.1, -0.05) is 41.4 Å². The van der Waals surface area contributed by atoms with E-state index in [0.29, 0.717) is 5.69 Å². The summed E-state index contributed by atoms with van der Waals surface area (Å²) in [6, 6.07) is 9.08. The van der Waals surface area contributed by atoms with Crippen LogP contribution in [0.5, 0.6) is 0 Å². The number of halogens is 2. The monoisotopic (exact) mass is 240 g/mol. The van der Waals surface area contributed by atoms with Crippen LogP contribution in [0.3, 0.4) is 0 Å². The quantitative estimate of drug-likeness (QED) is 0.768. The fraction of sp³-hybridized carbons (Fsp3) is 0. The Bertz CT molecular complexity index is 537. The molecule has 0 aliphatic carbocycles. The van der Waals surface area contributed by atoms with E-state index >= 15 is 0 Å². The van der Waals surface area contributed by atoms with Crippen molar-refractivity contribution in [2.75, 3.05) is 0 Å². The number of hydrogen-bond donors (Lipinski definition) is 0. The number of para-hydroxylation sites is 1. The van der Waals surface area contributed by atoms with Crippen LogP contribution in [0.1, 0.15) is 0 Å². The minimum atomic E-state index is -0.382. The van der Waals surface area contributed by atoms with Gasteiger partial charge < -0.3 is 0 Å². The van der Waals surface area contributed by atoms with Crippen molar-refractivity contribution < 1.29 is 0 Å². The van der Waals surface area contributed by atoms with Crippen molar-refractivity contribution in [1.82, 2.24) is 9.55 Å². The van der Waals surface area contributed by atoms with Gasteiger partial charge in [-0.3, -0.25) is 9.36 Å². The Labute approximate surface area is 95.9 Å². The number of rotatable bonds is 1. The average molecular weight is 241 g/mol. The van der Waals surface area contributed by atoms with Crippen LogP contribution in [0.2, 0.25) is 10.3 Å². The zero-order chi connectivity index (χ0) is 10.8. The van der Waals surface area contributed by atoms with Crippen LogP contribution in [0.25, 0.3) is 5.69 Å². The maximum atomic E-state index is 11.6. The first kappa shape index (κ1) is 10.2. The van der Waals surface area contributed by atoms with Gasteiger partial charge in [-0.15, -0.1) is 0 Å². The Morgan fingerprint density at radius 3 is 2.47 bits per heavy atom. The van der Waals surface area contributed by atoms with Crippen LogP contribution in [-0.2, 0) is 0 Å². The highest BCUT2D eigenvalue weighted by atomic mass is 35.5. The first-order valence-electron chi connectivity index (χ1n) is 4.18. The Morgan fingerprint density at radius 1 is 1.13 bits per heavy atom. The van der Waals surface area contributed by atoms with E-state index in [0.717, 1.165) is 0 Å². The lowest BCUT2D eigenvalue weighted by atomic mass is 10.3. The molecule has 1 heterocycles. The molecule has 0 aliphatic heterocycles. The molecule has 0 atom stereocenters. The van der Waals surface area contributed by atoms with Crippen LogP contribution in [-0.4, -0.2) is 9.55 Å². The van der Waals surface area contributed by atoms with Crippen molar-refractivity contribution in [3.63, 3.8) is 0 Å². The fourth-order valence-corrected chi connectivity index (χ4v) is 1.62. The van der Waals surface area contributed by atoms with Crippen molar-refractivity contribution in [3.8, 4) is 5.69 Å². The Hall–Kier alpha value is -1.32. The van der Waals surface area contributed by atoms with E-state index in [4.69, 9.17) is 23.2 Å². The lowest BCUT2D eigenvalue weighted by Crippen LogP contribution is -2.19. The van der Waals surface area contributed by atoms with Gasteiger partial charge in [0.25, 0.3) is 5.56 Å². The van der Waals surface area contributed by atoms with Crippen molar-refractivity contribution in [2.45, 2.75) is 0 Å². The molecule has 0 saturated carbocycles. The van der Waals surface area contributed by atoms with Crippen LogP contribution in [0.4, 0.5) is 0 Å². The summed E-state index contributed by atoms with van der Waals surface area (Å²) in [5.74, 6) is 0. The molecule has 0 amide bonds. The molecular formula is C10H6Cl2N2O. The van der Waals surface area contributed by atoms with Crippen LogP contribution in [0, 0.1) is 0 Å². The molecule has 76 valence electrons. The van der Waals surface area contributed by atoms with E-state index in [2.05, 4.69) is 4.98 Å². The summed E-state index contributed by atoms with van der Waals surface area (Å²) in [7, 11) is 0. The van der Waals surface area contributed by atoms with E-state index in [1.807, 2.05) is 18.2 Å². The van der Waals surface area contributed by atoms with E-state index in [9.17, 15) is 4.79 Å². The van der Waals surface area contributed by atoms with Gasteiger partial charge in [-0.25, -0.2) is 4.98 Å². The molecule has 1 aromatic carbocycles. The van der Waals surface area contributed by atoms with Crippen molar-refractivity contribution in [1.29, 1.82) is 0 Å². The molecule has 0 radical (unpaired) electrons. The molecule has 1 aromatic heterocycles. The SMILES string of the molecule is O=c1c(Cl)nc(Cl)cn1-c1ccccc1. The van der Waals surface area contributed by atoms with Gasteiger partial charge in [-0.2, -0.15) is 0 Å². The number of hydrogen-bond acceptors (Lipinski definition) is 2. The van der Waals surface area contributed by atoms with Crippen molar-refractivity contribution in [3.05, 3.63) is 57.2 Å². The van der Waals surface area contributed by atoms with Crippen LogP contribution >= 0.6 is 23.2 Å². The summed E-state index contributed by atoms with van der Waals surface area (Å²) in [5, 5.41) is 0.0507. The lowest BCUT2D eigenvalue weighted by Gasteiger charge is -2.05. The van der Waals surface area contributed by atoms with Gasteiger partial charge in [0.15, 0.2) is 5.15 Å². The van der Waals surface area contributed by atoms with Gasteiger partial charge in [0.2, 0.25) is 0 Å². The fourth-order valence-electron chi connectivity index (χ4n) is 1.22. The molecule has 15 heavy (non-hydrogen) atoms. The predicted molar refractivity (Wildman–Crippen MR) is 59.9 cm³/mol. The van der Waals surface area contributed by atoms with Crippen molar-refractivity contribution >= 4 is 23.2 Å². The molecule has 0 aliphatic rings. The normalized spacial score (nSPS) is 10.3. The number of aromatic nitrogens is 2. The second-order valence-corrected chi connectivity index (χ2v) is 3.61. The Kier molecular flexibility index (Phi) is 2.75. The second kappa shape index (κ2) is 4.04. The first-order valence-corrected chi connectivity index (χ1v) is 4.94.